The van der Waals surface area contributed by atoms with Crippen molar-refractivity contribution in [1.29, 1.82) is 0 Å². The van der Waals surface area contributed by atoms with Crippen molar-refractivity contribution in [3.8, 4) is 11.5 Å². The van der Waals surface area contributed by atoms with Crippen molar-refractivity contribution < 1.29 is 9.47 Å². The van der Waals surface area contributed by atoms with E-state index in [4.69, 9.17) is 14.5 Å². The first-order valence-electron chi connectivity index (χ1n) is 8.50. The van der Waals surface area contributed by atoms with E-state index in [0.29, 0.717) is 13.2 Å². The molecule has 0 aliphatic heterocycles. The topological polar surface area (TPSA) is 60.7 Å². The number of anilines is 1. The molecule has 132 valence electrons. The molecule has 1 N–H and O–H groups in total. The molecule has 0 amide bonds. The van der Waals surface area contributed by atoms with E-state index in [2.05, 4.69) is 10.4 Å². The molecule has 26 heavy (non-hydrogen) atoms. The first-order valence-corrected chi connectivity index (χ1v) is 8.50. The van der Waals surface area contributed by atoms with Crippen LogP contribution in [0, 0.1) is 6.92 Å². The van der Waals surface area contributed by atoms with Crippen LogP contribution in [0.25, 0.3) is 16.6 Å². The van der Waals surface area contributed by atoms with E-state index in [0.717, 1.165) is 39.6 Å². The second-order valence-electron chi connectivity index (χ2n) is 5.99. The van der Waals surface area contributed by atoms with Crippen LogP contribution < -0.4 is 14.8 Å². The Labute approximate surface area is 151 Å². The van der Waals surface area contributed by atoms with Crippen molar-refractivity contribution in [2.75, 3.05) is 25.6 Å². The van der Waals surface area contributed by atoms with Gasteiger partial charge in [0.25, 0.3) is 0 Å². The Morgan fingerprint density at radius 3 is 2.77 bits per heavy atom. The predicted molar refractivity (Wildman–Crippen MR) is 102 cm³/mol. The lowest BCUT2D eigenvalue weighted by molar-refractivity contribution is 0.329. The molecule has 0 aliphatic rings. The van der Waals surface area contributed by atoms with Gasteiger partial charge in [0.15, 0.2) is 5.65 Å². The molecule has 4 aromatic rings. The first-order chi connectivity index (χ1) is 12.7. The average molecular weight is 348 g/mol. The minimum absolute atomic E-state index is 0.520. The number of hydrogen-bond acceptors (Lipinski definition) is 5. The Bertz CT molecular complexity index is 1060. The maximum atomic E-state index is 5.79. The fraction of sp³-hybridized carbons (Fsp3) is 0.200. The SMILES string of the molecule is COc1cccc(OCCNc2nc3cc(C)nn3c3ccccc23)c1. The Morgan fingerprint density at radius 2 is 1.88 bits per heavy atom. The summed E-state index contributed by atoms with van der Waals surface area (Å²) in [5, 5.41) is 8.94. The zero-order valence-corrected chi connectivity index (χ0v) is 14.8. The molecule has 0 unspecified atom stereocenters. The minimum atomic E-state index is 0.520. The summed E-state index contributed by atoms with van der Waals surface area (Å²) in [4.78, 5) is 4.71. The van der Waals surface area contributed by atoms with Crippen molar-refractivity contribution in [3.05, 3.63) is 60.3 Å². The zero-order valence-electron chi connectivity index (χ0n) is 14.8. The maximum Gasteiger partial charge on any atom is 0.158 e. The summed E-state index contributed by atoms with van der Waals surface area (Å²) >= 11 is 0. The number of nitrogens with zero attached hydrogens (tertiary/aromatic N) is 3. The highest BCUT2D eigenvalue weighted by Gasteiger charge is 2.09. The molecular formula is C20H20N4O2. The first kappa shape index (κ1) is 16.2. The highest BCUT2D eigenvalue weighted by molar-refractivity contribution is 5.91. The third-order valence-corrected chi connectivity index (χ3v) is 4.13. The van der Waals surface area contributed by atoms with Gasteiger partial charge in [-0.05, 0) is 31.2 Å². The largest absolute Gasteiger partial charge is 0.497 e. The number of ether oxygens (including phenoxy) is 2. The van der Waals surface area contributed by atoms with Gasteiger partial charge in [0.1, 0.15) is 23.9 Å². The van der Waals surface area contributed by atoms with E-state index in [-0.39, 0.29) is 0 Å². The van der Waals surface area contributed by atoms with E-state index in [1.165, 1.54) is 0 Å². The molecule has 6 heteroatoms. The molecule has 2 aromatic carbocycles. The third-order valence-electron chi connectivity index (χ3n) is 4.13. The molecule has 2 aromatic heterocycles. The Morgan fingerprint density at radius 1 is 1.04 bits per heavy atom. The van der Waals surface area contributed by atoms with Crippen LogP contribution in [-0.2, 0) is 0 Å². The fourth-order valence-electron chi connectivity index (χ4n) is 2.94. The molecule has 0 fully saturated rings. The van der Waals surface area contributed by atoms with Gasteiger partial charge in [-0.15, -0.1) is 0 Å². The predicted octanol–water partition coefficient (Wildman–Crippen LogP) is 3.69. The molecule has 6 nitrogen and oxygen atoms in total. The number of methoxy groups -OCH3 is 1. The van der Waals surface area contributed by atoms with E-state index >= 15 is 0 Å². The molecule has 0 radical (unpaired) electrons. The maximum absolute atomic E-state index is 5.79. The fourth-order valence-corrected chi connectivity index (χ4v) is 2.94. The van der Waals surface area contributed by atoms with Crippen LogP contribution in [0.1, 0.15) is 5.69 Å². The molecule has 0 saturated heterocycles. The molecule has 0 spiro atoms. The lowest BCUT2D eigenvalue weighted by Crippen LogP contribution is -2.13. The summed E-state index contributed by atoms with van der Waals surface area (Å²) < 4.78 is 12.9. The summed E-state index contributed by atoms with van der Waals surface area (Å²) in [7, 11) is 1.64. The van der Waals surface area contributed by atoms with Crippen molar-refractivity contribution in [2.24, 2.45) is 0 Å². The van der Waals surface area contributed by atoms with Crippen LogP contribution >= 0.6 is 0 Å². The standard InChI is InChI=1S/C20H20N4O2/c1-14-12-19-22-20(17-8-3-4-9-18(17)24(19)23-14)21-10-11-26-16-7-5-6-15(13-16)25-2/h3-9,12-13H,10-11H2,1-2H3,(H,21,22). The Kier molecular flexibility index (Phi) is 4.31. The second kappa shape index (κ2) is 6.92. The lowest BCUT2D eigenvalue weighted by Gasteiger charge is -2.11. The number of rotatable bonds is 6. The van der Waals surface area contributed by atoms with Gasteiger partial charge in [0.05, 0.1) is 24.9 Å². The summed E-state index contributed by atoms with van der Waals surface area (Å²) in [5.74, 6) is 2.40. The summed E-state index contributed by atoms with van der Waals surface area (Å²) in [6, 6.07) is 17.7. The number of fused-ring (bicyclic) bond motifs is 3. The van der Waals surface area contributed by atoms with Gasteiger partial charge >= 0.3 is 0 Å². The smallest absolute Gasteiger partial charge is 0.158 e. The number of nitrogens with one attached hydrogen (secondary N) is 1. The van der Waals surface area contributed by atoms with E-state index in [9.17, 15) is 0 Å². The molecule has 0 bridgehead atoms. The third kappa shape index (κ3) is 3.13. The number of benzene rings is 2. The van der Waals surface area contributed by atoms with Gasteiger partial charge in [-0.1, -0.05) is 18.2 Å². The van der Waals surface area contributed by atoms with Gasteiger partial charge in [-0.2, -0.15) is 5.10 Å². The van der Waals surface area contributed by atoms with Crippen LogP contribution in [0.5, 0.6) is 11.5 Å². The summed E-state index contributed by atoms with van der Waals surface area (Å²) in [6.07, 6.45) is 0. The monoisotopic (exact) mass is 348 g/mol. The minimum Gasteiger partial charge on any atom is -0.497 e. The van der Waals surface area contributed by atoms with Gasteiger partial charge in [0, 0.05) is 17.5 Å². The molecule has 2 heterocycles. The quantitative estimate of drug-likeness (QED) is 0.539. The highest BCUT2D eigenvalue weighted by Crippen LogP contribution is 2.23. The van der Waals surface area contributed by atoms with Gasteiger partial charge < -0.3 is 14.8 Å². The van der Waals surface area contributed by atoms with Crippen molar-refractivity contribution in [3.63, 3.8) is 0 Å². The summed E-state index contributed by atoms with van der Waals surface area (Å²) in [6.45, 7) is 3.13. The van der Waals surface area contributed by atoms with Crippen LogP contribution in [0.3, 0.4) is 0 Å². The number of hydrogen-bond donors (Lipinski definition) is 1. The van der Waals surface area contributed by atoms with Crippen LogP contribution in [0.15, 0.2) is 54.6 Å². The van der Waals surface area contributed by atoms with Crippen molar-refractivity contribution in [1.82, 2.24) is 14.6 Å². The summed E-state index contributed by atoms with van der Waals surface area (Å²) in [5.41, 5.74) is 2.81. The van der Waals surface area contributed by atoms with Crippen molar-refractivity contribution >= 4 is 22.4 Å². The highest BCUT2D eigenvalue weighted by atomic mass is 16.5. The van der Waals surface area contributed by atoms with Crippen LogP contribution in [-0.4, -0.2) is 34.9 Å². The van der Waals surface area contributed by atoms with Crippen molar-refractivity contribution in [2.45, 2.75) is 6.92 Å². The van der Waals surface area contributed by atoms with E-state index in [1.807, 2.05) is 66.0 Å². The Hall–Kier alpha value is -3.28. The van der Waals surface area contributed by atoms with Crippen LogP contribution in [0.2, 0.25) is 0 Å². The zero-order chi connectivity index (χ0) is 17.9. The number of aryl methyl sites for hydroxylation is 1. The Balaban J connectivity index is 1.51. The molecule has 0 saturated carbocycles. The molecule has 0 aliphatic carbocycles. The number of aromatic nitrogens is 3. The van der Waals surface area contributed by atoms with E-state index < -0.39 is 0 Å². The lowest BCUT2D eigenvalue weighted by atomic mass is 10.2. The average Bonchev–Trinajstić information content (AvgIpc) is 3.05. The van der Waals surface area contributed by atoms with Gasteiger partial charge in [-0.3, -0.25) is 0 Å². The van der Waals surface area contributed by atoms with Gasteiger partial charge in [-0.25, -0.2) is 9.50 Å². The van der Waals surface area contributed by atoms with Gasteiger partial charge in [0.2, 0.25) is 0 Å². The van der Waals surface area contributed by atoms with E-state index in [1.54, 1.807) is 7.11 Å². The number of para-hydroxylation sites is 1. The normalized spacial score (nSPS) is 11.0. The molecular weight excluding hydrogens is 328 g/mol. The second-order valence-corrected chi connectivity index (χ2v) is 5.99. The molecule has 0 atom stereocenters. The molecule has 4 rings (SSSR count). The van der Waals surface area contributed by atoms with Crippen LogP contribution in [0.4, 0.5) is 5.82 Å².